The number of nitrogens with zero attached hydrogens (tertiary/aromatic N) is 4. The zero-order valence-electron chi connectivity index (χ0n) is 18.6. The average Bonchev–Trinajstić information content (AvgIpc) is 3.54. The van der Waals surface area contributed by atoms with Crippen LogP contribution in [0.3, 0.4) is 0 Å². The molecule has 2 bridgehead atoms. The lowest BCUT2D eigenvalue weighted by molar-refractivity contribution is -0.939. The third-order valence-electron chi connectivity index (χ3n) is 7.68. The maximum atomic E-state index is 13.5. The zero-order chi connectivity index (χ0) is 22.9. The standard InChI is InChI=1S/C23H29N5O4S/c29-20(27-22-25-14-24-15-26-22)13-28-9-7-16(8-10-28)18(12-28)32-21(30)23(31,17-4-1-2-5-17)19-6-3-11-33-19/h3,6,11,14-18,31H,1-2,4-5,7-10,12-13H2/p+1/t16?,18-,23?,28?/m0/s1. The summed E-state index contributed by atoms with van der Waals surface area (Å²) < 4.78 is 6.66. The molecule has 0 spiro atoms. The van der Waals surface area contributed by atoms with Crippen LogP contribution in [0.15, 0.2) is 30.2 Å². The van der Waals surface area contributed by atoms with Crippen LogP contribution in [0.4, 0.5) is 5.95 Å². The number of carbonyl (C=O) groups is 2. The van der Waals surface area contributed by atoms with E-state index in [2.05, 4.69) is 20.3 Å². The lowest BCUT2D eigenvalue weighted by atomic mass is 9.82. The first-order valence-electron chi connectivity index (χ1n) is 11.7. The first-order valence-corrected chi connectivity index (χ1v) is 12.6. The summed E-state index contributed by atoms with van der Waals surface area (Å²) in [5.41, 5.74) is -1.59. The first kappa shape index (κ1) is 22.4. The molecule has 1 saturated carbocycles. The molecule has 176 valence electrons. The maximum Gasteiger partial charge on any atom is 0.344 e. The minimum absolute atomic E-state index is 0.112. The number of ether oxygens (including phenoxy) is 1. The van der Waals surface area contributed by atoms with E-state index in [1.54, 1.807) is 0 Å². The van der Waals surface area contributed by atoms with Gasteiger partial charge in [0.05, 0.1) is 13.1 Å². The van der Waals surface area contributed by atoms with Gasteiger partial charge in [0, 0.05) is 29.6 Å². The molecule has 0 aromatic carbocycles. The highest BCUT2D eigenvalue weighted by Crippen LogP contribution is 2.44. The molecule has 5 heterocycles. The fourth-order valence-electron chi connectivity index (χ4n) is 5.88. The molecule has 4 aliphatic rings. The Balaban J connectivity index is 1.28. The second kappa shape index (κ2) is 9.08. The highest BCUT2D eigenvalue weighted by molar-refractivity contribution is 7.10. The molecule has 0 radical (unpaired) electrons. The molecule has 2 atom stereocenters. The molecule has 3 aliphatic heterocycles. The van der Waals surface area contributed by atoms with Gasteiger partial charge in [-0.2, -0.15) is 0 Å². The van der Waals surface area contributed by atoms with Gasteiger partial charge in [0.15, 0.2) is 18.2 Å². The summed E-state index contributed by atoms with van der Waals surface area (Å²) in [5.74, 6) is -0.285. The van der Waals surface area contributed by atoms with Crippen molar-refractivity contribution in [1.29, 1.82) is 0 Å². The molecule has 1 aliphatic carbocycles. The number of thiophene rings is 1. The largest absolute Gasteiger partial charge is 0.454 e. The normalized spacial score (nSPS) is 28.9. The Morgan fingerprint density at radius 1 is 1.18 bits per heavy atom. The summed E-state index contributed by atoms with van der Waals surface area (Å²) >= 11 is 1.41. The van der Waals surface area contributed by atoms with E-state index in [-0.39, 0.29) is 36.3 Å². The van der Waals surface area contributed by atoms with Crippen LogP contribution in [-0.4, -0.2) is 68.7 Å². The van der Waals surface area contributed by atoms with Gasteiger partial charge in [0.1, 0.15) is 19.2 Å². The van der Waals surface area contributed by atoms with Crippen molar-refractivity contribution < 1.29 is 23.9 Å². The van der Waals surface area contributed by atoms with Crippen LogP contribution in [0.5, 0.6) is 0 Å². The van der Waals surface area contributed by atoms with E-state index in [9.17, 15) is 14.7 Å². The fourth-order valence-corrected chi connectivity index (χ4v) is 6.77. The van der Waals surface area contributed by atoms with E-state index in [1.165, 1.54) is 24.0 Å². The number of carbonyl (C=O) groups excluding carboxylic acids is 2. The molecular formula is C23H30N5O4S+. The molecule has 1 amide bonds. The van der Waals surface area contributed by atoms with Crippen LogP contribution in [0.1, 0.15) is 43.4 Å². The lowest BCUT2D eigenvalue weighted by Crippen LogP contribution is -2.66. The minimum Gasteiger partial charge on any atom is -0.454 e. The van der Waals surface area contributed by atoms with Gasteiger partial charge >= 0.3 is 5.97 Å². The quantitative estimate of drug-likeness (QED) is 0.468. The van der Waals surface area contributed by atoms with Crippen molar-refractivity contribution in [3.05, 3.63) is 35.0 Å². The second-order valence-electron chi connectivity index (χ2n) is 9.65. The summed E-state index contributed by atoms with van der Waals surface area (Å²) in [5, 5.41) is 16.3. The monoisotopic (exact) mass is 472 g/mol. The van der Waals surface area contributed by atoms with Crippen molar-refractivity contribution in [1.82, 2.24) is 15.0 Å². The van der Waals surface area contributed by atoms with Crippen molar-refractivity contribution in [2.24, 2.45) is 11.8 Å². The number of hydrogen-bond acceptors (Lipinski definition) is 8. The van der Waals surface area contributed by atoms with Crippen LogP contribution in [0.2, 0.25) is 0 Å². The molecule has 3 saturated heterocycles. The summed E-state index contributed by atoms with van der Waals surface area (Å²) in [6.07, 6.45) is 7.89. The van der Waals surface area contributed by atoms with Gasteiger partial charge in [0.2, 0.25) is 5.95 Å². The van der Waals surface area contributed by atoms with Crippen molar-refractivity contribution in [3.8, 4) is 0 Å². The van der Waals surface area contributed by atoms with Gasteiger partial charge in [-0.15, -0.1) is 11.3 Å². The number of rotatable bonds is 7. The third-order valence-corrected chi connectivity index (χ3v) is 8.67. The first-order chi connectivity index (χ1) is 16.0. The second-order valence-corrected chi connectivity index (χ2v) is 10.6. The van der Waals surface area contributed by atoms with Crippen LogP contribution in [0, 0.1) is 11.8 Å². The third kappa shape index (κ3) is 4.39. The molecule has 2 aromatic rings. The molecule has 4 fully saturated rings. The van der Waals surface area contributed by atoms with E-state index < -0.39 is 11.6 Å². The van der Waals surface area contributed by atoms with E-state index in [4.69, 9.17) is 4.74 Å². The number of aromatic nitrogens is 3. The van der Waals surface area contributed by atoms with E-state index in [0.29, 0.717) is 15.9 Å². The van der Waals surface area contributed by atoms with Crippen LogP contribution in [0.25, 0.3) is 0 Å². The minimum atomic E-state index is -1.59. The van der Waals surface area contributed by atoms with Gasteiger partial charge in [-0.25, -0.2) is 19.7 Å². The van der Waals surface area contributed by atoms with Crippen LogP contribution < -0.4 is 5.32 Å². The van der Waals surface area contributed by atoms with E-state index in [1.807, 2.05) is 17.5 Å². The molecule has 6 rings (SSSR count). The topological polar surface area (TPSA) is 114 Å². The SMILES string of the molecule is O=C(C[N+]12CCC(CC1)[C@@H](OC(=O)C(O)(c1cccs1)C1CCCC1)C2)Nc1ncncn1. The molecule has 1 unspecified atom stereocenters. The highest BCUT2D eigenvalue weighted by atomic mass is 32.1. The summed E-state index contributed by atoms with van der Waals surface area (Å²) in [6.45, 7) is 2.62. The van der Waals surface area contributed by atoms with E-state index >= 15 is 0 Å². The Morgan fingerprint density at radius 3 is 2.58 bits per heavy atom. The van der Waals surface area contributed by atoms with Gasteiger partial charge in [-0.1, -0.05) is 18.9 Å². The number of aliphatic hydroxyl groups is 1. The number of esters is 1. The number of quaternary nitrogens is 1. The van der Waals surface area contributed by atoms with Crippen LogP contribution >= 0.6 is 11.3 Å². The molecular weight excluding hydrogens is 442 g/mol. The molecule has 2 aromatic heterocycles. The van der Waals surface area contributed by atoms with Gasteiger partial charge in [-0.3, -0.25) is 10.1 Å². The van der Waals surface area contributed by atoms with Gasteiger partial charge < -0.3 is 14.3 Å². The summed E-state index contributed by atoms with van der Waals surface area (Å²) in [4.78, 5) is 38.5. The molecule has 33 heavy (non-hydrogen) atoms. The van der Waals surface area contributed by atoms with Crippen molar-refractivity contribution in [2.75, 3.05) is 31.5 Å². The molecule has 2 N–H and O–H groups in total. The Hall–Kier alpha value is -2.43. The summed E-state index contributed by atoms with van der Waals surface area (Å²) in [6, 6.07) is 3.70. The number of piperidine rings is 3. The van der Waals surface area contributed by atoms with Crippen LogP contribution in [-0.2, 0) is 19.9 Å². The number of fused-ring (bicyclic) bond motifs is 3. The molecule has 9 nitrogen and oxygen atoms in total. The number of nitrogens with one attached hydrogen (secondary N) is 1. The van der Waals surface area contributed by atoms with Crippen molar-refractivity contribution in [2.45, 2.75) is 50.2 Å². The van der Waals surface area contributed by atoms with Gasteiger partial charge in [-0.05, 0) is 24.3 Å². The van der Waals surface area contributed by atoms with Crippen molar-refractivity contribution in [3.63, 3.8) is 0 Å². The highest BCUT2D eigenvalue weighted by Gasteiger charge is 2.53. The average molecular weight is 473 g/mol. The Bertz CT molecular complexity index is 974. The Morgan fingerprint density at radius 2 is 1.91 bits per heavy atom. The fraction of sp³-hybridized carbons (Fsp3) is 0.609. The predicted octanol–water partition coefficient (Wildman–Crippen LogP) is 2.10. The number of anilines is 1. The number of amides is 1. The lowest BCUT2D eigenvalue weighted by Gasteiger charge is -2.51. The van der Waals surface area contributed by atoms with Gasteiger partial charge in [0.25, 0.3) is 5.91 Å². The summed E-state index contributed by atoms with van der Waals surface area (Å²) in [7, 11) is 0. The number of hydrogen-bond donors (Lipinski definition) is 2. The smallest absolute Gasteiger partial charge is 0.344 e. The predicted molar refractivity (Wildman–Crippen MR) is 121 cm³/mol. The molecule has 10 heteroatoms. The Labute approximate surface area is 196 Å². The van der Waals surface area contributed by atoms with E-state index in [0.717, 1.165) is 51.6 Å². The van der Waals surface area contributed by atoms with Crippen molar-refractivity contribution >= 4 is 29.2 Å². The maximum absolute atomic E-state index is 13.5. The Kier molecular flexibility index (Phi) is 6.15. The zero-order valence-corrected chi connectivity index (χ0v) is 19.4.